The second-order valence-corrected chi connectivity index (χ2v) is 7.29. The van der Waals surface area contributed by atoms with Crippen LogP contribution in [-0.2, 0) is 0 Å². The van der Waals surface area contributed by atoms with E-state index in [0.717, 1.165) is 59.9 Å². The lowest BCUT2D eigenvalue weighted by atomic mass is 10.1. The van der Waals surface area contributed by atoms with Crippen LogP contribution in [0.2, 0.25) is 5.02 Å². The lowest BCUT2D eigenvalue weighted by Gasteiger charge is -2.14. The standard InChI is InChI=1S/C18H18BrClN6/c19-16-10-23-18-17(22-6-3-8-25-9-7-21-12-25)24-15(11-26(16)18)13-4-1-2-5-14(13)20/h1-2,4-5,10-12H,3,6-9H2,(H,22,24). The van der Waals surface area contributed by atoms with Crippen LogP contribution < -0.4 is 5.32 Å². The second-order valence-electron chi connectivity index (χ2n) is 6.07. The number of benzene rings is 1. The minimum atomic E-state index is 0.676. The van der Waals surface area contributed by atoms with E-state index in [9.17, 15) is 0 Å². The third kappa shape index (κ3) is 3.54. The van der Waals surface area contributed by atoms with Crippen molar-refractivity contribution < 1.29 is 0 Å². The molecule has 0 unspecified atom stereocenters. The Morgan fingerprint density at radius 1 is 1.27 bits per heavy atom. The van der Waals surface area contributed by atoms with Gasteiger partial charge in [-0.1, -0.05) is 29.8 Å². The topological polar surface area (TPSA) is 57.8 Å². The van der Waals surface area contributed by atoms with Crippen molar-refractivity contribution in [3.63, 3.8) is 0 Å². The van der Waals surface area contributed by atoms with Gasteiger partial charge in [0.2, 0.25) is 0 Å². The molecule has 26 heavy (non-hydrogen) atoms. The summed E-state index contributed by atoms with van der Waals surface area (Å²) in [5, 5.41) is 4.10. The molecule has 1 aliphatic rings. The SMILES string of the molecule is Clc1ccccc1-c1cn2c(Br)cnc2c(NCCCN2C=NCC2)n1. The molecule has 134 valence electrons. The number of aliphatic imine (C=N–C) groups is 1. The summed E-state index contributed by atoms with van der Waals surface area (Å²) >= 11 is 9.90. The Bertz CT molecular complexity index is 954. The van der Waals surface area contributed by atoms with Crippen molar-refractivity contribution in [3.8, 4) is 11.3 Å². The third-order valence-corrected chi connectivity index (χ3v) is 5.19. The van der Waals surface area contributed by atoms with Gasteiger partial charge < -0.3 is 10.2 Å². The highest BCUT2D eigenvalue weighted by Crippen LogP contribution is 2.29. The van der Waals surface area contributed by atoms with Crippen molar-refractivity contribution >= 4 is 45.3 Å². The van der Waals surface area contributed by atoms with E-state index in [0.29, 0.717) is 5.02 Å². The van der Waals surface area contributed by atoms with Crippen LogP contribution in [0, 0.1) is 0 Å². The number of nitrogens with zero attached hydrogens (tertiary/aromatic N) is 5. The summed E-state index contributed by atoms with van der Waals surface area (Å²) in [7, 11) is 0. The number of imidazole rings is 1. The number of fused-ring (bicyclic) bond motifs is 1. The number of hydrogen-bond donors (Lipinski definition) is 1. The van der Waals surface area contributed by atoms with Crippen molar-refractivity contribution in [2.45, 2.75) is 6.42 Å². The molecule has 1 aliphatic heterocycles. The summed E-state index contributed by atoms with van der Waals surface area (Å²) in [4.78, 5) is 15.7. The third-order valence-electron chi connectivity index (χ3n) is 4.27. The quantitative estimate of drug-likeness (QED) is 0.598. The van der Waals surface area contributed by atoms with Crippen LogP contribution in [0.25, 0.3) is 16.9 Å². The molecule has 0 fully saturated rings. The minimum absolute atomic E-state index is 0.676. The Morgan fingerprint density at radius 2 is 2.15 bits per heavy atom. The molecule has 0 saturated heterocycles. The predicted molar refractivity (Wildman–Crippen MR) is 109 cm³/mol. The number of nitrogens with one attached hydrogen (secondary N) is 1. The molecular weight excluding hydrogens is 416 g/mol. The van der Waals surface area contributed by atoms with Gasteiger partial charge in [-0.3, -0.25) is 9.39 Å². The monoisotopic (exact) mass is 432 g/mol. The summed E-state index contributed by atoms with van der Waals surface area (Å²) in [6.07, 6.45) is 6.65. The van der Waals surface area contributed by atoms with Gasteiger partial charge in [-0.25, -0.2) is 9.97 Å². The Balaban J connectivity index is 1.58. The maximum absolute atomic E-state index is 6.36. The first-order valence-corrected chi connectivity index (χ1v) is 9.66. The van der Waals surface area contributed by atoms with E-state index in [-0.39, 0.29) is 0 Å². The van der Waals surface area contributed by atoms with E-state index >= 15 is 0 Å². The molecule has 0 amide bonds. The zero-order valence-electron chi connectivity index (χ0n) is 14.1. The summed E-state index contributed by atoms with van der Waals surface area (Å²) in [6.45, 7) is 3.70. The maximum atomic E-state index is 6.36. The first-order chi connectivity index (χ1) is 12.7. The van der Waals surface area contributed by atoms with Gasteiger partial charge in [0.05, 0.1) is 29.8 Å². The molecule has 3 aromatic rings. The molecule has 1 aromatic carbocycles. The molecule has 8 heteroatoms. The fraction of sp³-hybridized carbons (Fsp3) is 0.278. The lowest BCUT2D eigenvalue weighted by Crippen LogP contribution is -2.22. The van der Waals surface area contributed by atoms with Crippen molar-refractivity contribution in [2.24, 2.45) is 4.99 Å². The van der Waals surface area contributed by atoms with Crippen LogP contribution in [0.1, 0.15) is 6.42 Å². The molecule has 0 radical (unpaired) electrons. The van der Waals surface area contributed by atoms with Gasteiger partial charge >= 0.3 is 0 Å². The summed E-state index contributed by atoms with van der Waals surface area (Å²) in [5.41, 5.74) is 2.49. The molecule has 1 N–H and O–H groups in total. The fourth-order valence-electron chi connectivity index (χ4n) is 2.95. The zero-order valence-corrected chi connectivity index (χ0v) is 16.4. The van der Waals surface area contributed by atoms with Gasteiger partial charge in [-0.05, 0) is 28.4 Å². The molecular formula is C18H18BrClN6. The highest BCUT2D eigenvalue weighted by molar-refractivity contribution is 9.10. The molecule has 3 heterocycles. The molecule has 0 saturated carbocycles. The summed E-state index contributed by atoms with van der Waals surface area (Å²) in [5.74, 6) is 0.753. The Kier molecular flexibility index (Phi) is 5.08. The highest BCUT2D eigenvalue weighted by atomic mass is 79.9. The summed E-state index contributed by atoms with van der Waals surface area (Å²) < 4.78 is 2.85. The number of anilines is 1. The molecule has 4 rings (SSSR count). The van der Waals surface area contributed by atoms with E-state index in [4.69, 9.17) is 16.6 Å². The van der Waals surface area contributed by atoms with E-state index in [1.807, 2.05) is 41.2 Å². The van der Waals surface area contributed by atoms with Crippen LogP contribution in [0.15, 0.2) is 46.3 Å². The number of rotatable bonds is 6. The van der Waals surface area contributed by atoms with Gasteiger partial charge in [0.15, 0.2) is 11.5 Å². The summed E-state index contributed by atoms with van der Waals surface area (Å²) in [6, 6.07) is 7.72. The Hall–Kier alpha value is -2.12. The second kappa shape index (κ2) is 7.63. The zero-order chi connectivity index (χ0) is 17.9. The smallest absolute Gasteiger partial charge is 0.181 e. The van der Waals surface area contributed by atoms with E-state index in [2.05, 4.69) is 36.1 Å². The molecule has 2 aromatic heterocycles. The van der Waals surface area contributed by atoms with Gasteiger partial charge in [-0.15, -0.1) is 0 Å². The van der Waals surface area contributed by atoms with Crippen LogP contribution in [0.3, 0.4) is 0 Å². The van der Waals surface area contributed by atoms with E-state index in [1.54, 1.807) is 6.20 Å². The molecule has 0 bridgehead atoms. The van der Waals surface area contributed by atoms with Crippen LogP contribution in [0.4, 0.5) is 5.82 Å². The Morgan fingerprint density at radius 3 is 2.96 bits per heavy atom. The van der Waals surface area contributed by atoms with Crippen molar-refractivity contribution in [1.82, 2.24) is 19.3 Å². The normalized spacial score (nSPS) is 13.7. The molecule has 0 atom stereocenters. The number of aromatic nitrogens is 3. The molecule has 0 spiro atoms. The predicted octanol–water partition coefficient (Wildman–Crippen LogP) is 3.96. The average Bonchev–Trinajstić information content (AvgIpc) is 3.29. The maximum Gasteiger partial charge on any atom is 0.181 e. The molecule has 0 aliphatic carbocycles. The van der Waals surface area contributed by atoms with Gasteiger partial charge in [0, 0.05) is 31.4 Å². The average molecular weight is 434 g/mol. The van der Waals surface area contributed by atoms with E-state index in [1.165, 1.54) is 0 Å². The minimum Gasteiger partial charge on any atom is -0.367 e. The largest absolute Gasteiger partial charge is 0.367 e. The van der Waals surface area contributed by atoms with Crippen LogP contribution >= 0.6 is 27.5 Å². The van der Waals surface area contributed by atoms with Gasteiger partial charge in [-0.2, -0.15) is 0 Å². The first kappa shape index (κ1) is 17.3. The highest BCUT2D eigenvalue weighted by Gasteiger charge is 2.13. The van der Waals surface area contributed by atoms with Crippen molar-refractivity contribution in [2.75, 3.05) is 31.5 Å². The number of halogens is 2. The van der Waals surface area contributed by atoms with Crippen LogP contribution in [-0.4, -0.2) is 51.8 Å². The fourth-order valence-corrected chi connectivity index (χ4v) is 3.56. The molecule has 6 nitrogen and oxygen atoms in total. The van der Waals surface area contributed by atoms with Crippen molar-refractivity contribution in [1.29, 1.82) is 0 Å². The van der Waals surface area contributed by atoms with Gasteiger partial charge in [0.25, 0.3) is 0 Å². The van der Waals surface area contributed by atoms with Crippen molar-refractivity contribution in [3.05, 3.63) is 46.3 Å². The van der Waals surface area contributed by atoms with Crippen LogP contribution in [0.5, 0.6) is 0 Å². The first-order valence-electron chi connectivity index (χ1n) is 8.49. The Labute approximate surface area is 165 Å². The van der Waals surface area contributed by atoms with E-state index < -0.39 is 0 Å². The number of hydrogen-bond acceptors (Lipinski definition) is 5. The van der Waals surface area contributed by atoms with Gasteiger partial charge in [0.1, 0.15) is 4.60 Å². The lowest BCUT2D eigenvalue weighted by molar-refractivity contribution is 0.461.